The Bertz CT molecular complexity index is 626. The minimum Gasteiger partial charge on any atom is -0.183 e. The van der Waals surface area contributed by atoms with Crippen molar-refractivity contribution < 1.29 is 35.1 Å². The van der Waals surface area contributed by atoms with Gasteiger partial charge in [-0.1, -0.05) is 48.5 Å². The molecule has 0 fully saturated rings. The summed E-state index contributed by atoms with van der Waals surface area (Å²) in [4.78, 5) is 0. The summed E-state index contributed by atoms with van der Waals surface area (Å²) in [7, 11) is 0. The second-order valence-corrected chi connectivity index (χ2v) is 7.04. The molecular weight excluding hydrogens is 557 g/mol. The molecule has 0 atom stereocenters. The van der Waals surface area contributed by atoms with E-state index in [4.69, 9.17) is 0 Å². The van der Waals surface area contributed by atoms with Crippen molar-refractivity contribution in [2.24, 2.45) is 0 Å². The number of hydrogen-bond donors (Lipinski definition) is 0. The maximum Gasteiger partial charge on any atom is 0.348 e. The molecule has 0 saturated carbocycles. The highest BCUT2D eigenvalue weighted by Crippen LogP contribution is 2.37. The quantitative estimate of drug-likeness (QED) is 0.255. The zero-order valence-corrected chi connectivity index (χ0v) is 18.6. The van der Waals surface area contributed by atoms with E-state index in [1.165, 1.54) is 0 Å². The van der Waals surface area contributed by atoms with Gasteiger partial charge < -0.3 is 0 Å². The monoisotopic (exact) mass is 564 g/mol. The Labute approximate surface area is 198 Å². The Kier molecular flexibility index (Phi) is 12.2. The number of alkyl halides is 12. The van der Waals surface area contributed by atoms with Crippen molar-refractivity contribution in [2.45, 2.75) is 21.5 Å². The summed E-state index contributed by atoms with van der Waals surface area (Å²) in [6, 6.07) is 6.43. The van der Waals surface area contributed by atoms with Crippen LogP contribution in [-0.4, -0.2) is 0 Å². The van der Waals surface area contributed by atoms with Crippen molar-refractivity contribution in [1.82, 2.24) is 0 Å². The summed E-state index contributed by atoms with van der Waals surface area (Å²) in [5, 5.41) is -14.2. The van der Waals surface area contributed by atoms with Crippen LogP contribution in [0.5, 0.6) is 0 Å². The molecule has 0 N–H and O–H groups in total. The molecule has 0 aliphatic carbocycles. The first-order chi connectivity index (χ1) is 12.4. The Morgan fingerprint density at radius 2 is 0.467 bits per heavy atom. The molecule has 172 valence electrons. The molecule has 0 aliphatic rings. The summed E-state index contributed by atoms with van der Waals surface area (Å²) in [6.45, 7) is 0. The van der Waals surface area contributed by atoms with Crippen LogP contribution in [-0.2, 0) is 21.5 Å². The van der Waals surface area contributed by atoms with E-state index < -0.39 is 43.8 Å². The van der Waals surface area contributed by atoms with E-state index in [1.54, 1.807) is 0 Å². The van der Waals surface area contributed by atoms with Gasteiger partial charge in [-0.05, 0) is 46.4 Å². The average molecular weight is 567 g/mol. The molecular formula is C16H10Cl6F8. The molecule has 0 radical (unpaired) electrons. The van der Waals surface area contributed by atoms with Gasteiger partial charge in [0, 0.05) is 22.3 Å². The summed E-state index contributed by atoms with van der Waals surface area (Å²) in [5.41, 5.74) is -2.21. The van der Waals surface area contributed by atoms with Gasteiger partial charge in [-0.25, -0.2) is 0 Å². The number of hydrogen-bond acceptors (Lipinski definition) is 0. The largest absolute Gasteiger partial charge is 0.348 e. The standard InChI is InChI=1S/2C8H4Cl2F4.2ClH/c2*9-7(11,12)5-1-2-6(4-3-5)8(10,13)14;;/h2*1-4H;2*1H. The summed E-state index contributed by atoms with van der Waals surface area (Å²) in [6.07, 6.45) is 0. The number of rotatable bonds is 4. The maximum absolute atomic E-state index is 12.4. The van der Waals surface area contributed by atoms with Crippen LogP contribution in [0.3, 0.4) is 0 Å². The third-order valence-electron chi connectivity index (χ3n) is 3.08. The van der Waals surface area contributed by atoms with Crippen LogP contribution < -0.4 is 0 Å². The molecule has 0 aliphatic heterocycles. The fourth-order valence-corrected chi connectivity index (χ4v) is 2.20. The zero-order chi connectivity index (χ0) is 22.0. The van der Waals surface area contributed by atoms with Gasteiger partial charge >= 0.3 is 21.5 Å². The molecule has 2 aromatic rings. The predicted molar refractivity (Wildman–Crippen MR) is 106 cm³/mol. The van der Waals surface area contributed by atoms with Crippen LogP contribution in [0.1, 0.15) is 22.3 Å². The lowest BCUT2D eigenvalue weighted by Crippen LogP contribution is -2.06. The van der Waals surface area contributed by atoms with E-state index >= 15 is 0 Å². The number of halogens is 14. The lowest BCUT2D eigenvalue weighted by molar-refractivity contribution is 0.0906. The molecule has 0 amide bonds. The van der Waals surface area contributed by atoms with Crippen molar-refractivity contribution in [3.05, 3.63) is 70.8 Å². The molecule has 14 heteroatoms. The van der Waals surface area contributed by atoms with Crippen molar-refractivity contribution in [2.75, 3.05) is 0 Å². The third-order valence-corrected chi connectivity index (χ3v) is 3.95. The van der Waals surface area contributed by atoms with Gasteiger partial charge in [-0.2, -0.15) is 35.1 Å². The molecule has 2 rings (SSSR count). The topological polar surface area (TPSA) is 0 Å². The highest BCUT2D eigenvalue weighted by atomic mass is 35.5. The molecule has 0 bridgehead atoms. The van der Waals surface area contributed by atoms with Gasteiger partial charge in [-0.15, -0.1) is 24.8 Å². The normalized spacial score (nSPS) is 12.1. The first kappa shape index (κ1) is 31.8. The van der Waals surface area contributed by atoms with Crippen LogP contribution in [0.4, 0.5) is 35.1 Å². The summed E-state index contributed by atoms with van der Waals surface area (Å²) in [5.74, 6) is 0. The van der Waals surface area contributed by atoms with Crippen LogP contribution in [0.2, 0.25) is 0 Å². The summed E-state index contributed by atoms with van der Waals surface area (Å²) < 4.78 is 99.4. The van der Waals surface area contributed by atoms with Crippen molar-refractivity contribution in [1.29, 1.82) is 0 Å². The first-order valence-electron chi connectivity index (χ1n) is 6.91. The highest BCUT2D eigenvalue weighted by Gasteiger charge is 2.32. The molecule has 30 heavy (non-hydrogen) atoms. The summed E-state index contributed by atoms with van der Waals surface area (Å²) >= 11 is 18.7. The molecule has 0 unspecified atom stereocenters. The van der Waals surface area contributed by atoms with E-state index in [2.05, 4.69) is 46.4 Å². The lowest BCUT2D eigenvalue weighted by atomic mass is 10.1. The second-order valence-electron chi connectivity index (χ2n) is 5.15. The van der Waals surface area contributed by atoms with Crippen molar-refractivity contribution in [3.8, 4) is 0 Å². The van der Waals surface area contributed by atoms with Crippen LogP contribution in [0.25, 0.3) is 0 Å². The Morgan fingerprint density at radius 3 is 0.533 bits per heavy atom. The SMILES string of the molecule is Cl.Cl.FC(F)(Cl)c1ccc(C(F)(F)Cl)cc1.FC(F)(Cl)c1ccc(C(F)(F)Cl)cc1. The fourth-order valence-electron chi connectivity index (χ4n) is 1.70. The van der Waals surface area contributed by atoms with E-state index in [-0.39, 0.29) is 24.8 Å². The van der Waals surface area contributed by atoms with Gasteiger partial charge in [0.05, 0.1) is 0 Å². The van der Waals surface area contributed by atoms with E-state index in [0.29, 0.717) is 0 Å². The minimum atomic E-state index is -3.56. The Balaban J connectivity index is 0. The lowest BCUT2D eigenvalue weighted by Gasteiger charge is -2.11. The molecule has 0 aromatic heterocycles. The van der Waals surface area contributed by atoms with E-state index in [0.717, 1.165) is 48.5 Å². The highest BCUT2D eigenvalue weighted by molar-refractivity contribution is 6.22. The molecule has 0 saturated heterocycles. The van der Waals surface area contributed by atoms with Gasteiger partial charge in [-0.3, -0.25) is 0 Å². The smallest absolute Gasteiger partial charge is 0.183 e. The van der Waals surface area contributed by atoms with Gasteiger partial charge in [0.1, 0.15) is 0 Å². The minimum absolute atomic E-state index is 0. The molecule has 0 heterocycles. The van der Waals surface area contributed by atoms with Gasteiger partial charge in [0.25, 0.3) is 0 Å². The molecule has 2 aromatic carbocycles. The van der Waals surface area contributed by atoms with E-state index in [9.17, 15) is 35.1 Å². The van der Waals surface area contributed by atoms with Crippen LogP contribution in [0, 0.1) is 0 Å². The third kappa shape index (κ3) is 10.3. The van der Waals surface area contributed by atoms with Gasteiger partial charge in [0.15, 0.2) is 0 Å². The fraction of sp³-hybridized carbons (Fsp3) is 0.250. The molecule has 0 nitrogen and oxygen atoms in total. The van der Waals surface area contributed by atoms with E-state index in [1.807, 2.05) is 0 Å². The Hall–Kier alpha value is -0.380. The number of benzene rings is 2. The Morgan fingerprint density at radius 1 is 0.367 bits per heavy atom. The van der Waals surface area contributed by atoms with Crippen molar-refractivity contribution in [3.63, 3.8) is 0 Å². The maximum atomic E-state index is 12.4. The second kappa shape index (κ2) is 11.5. The predicted octanol–water partition coefficient (Wildman–Crippen LogP) is 9.37. The van der Waals surface area contributed by atoms with Gasteiger partial charge in [0.2, 0.25) is 0 Å². The van der Waals surface area contributed by atoms with Crippen LogP contribution in [0.15, 0.2) is 48.5 Å². The zero-order valence-electron chi connectivity index (χ0n) is 14.0. The first-order valence-corrected chi connectivity index (χ1v) is 8.42. The van der Waals surface area contributed by atoms with Crippen molar-refractivity contribution >= 4 is 71.2 Å². The molecule has 0 spiro atoms. The van der Waals surface area contributed by atoms with Crippen LogP contribution >= 0.6 is 71.2 Å². The average Bonchev–Trinajstić information content (AvgIpc) is 2.52.